The topological polar surface area (TPSA) is 33.1 Å². The summed E-state index contributed by atoms with van der Waals surface area (Å²) < 4.78 is 1.88. The zero-order valence-corrected chi connectivity index (χ0v) is 13.3. The molecule has 1 N–H and O–H groups in total. The first kappa shape index (κ1) is 15.5. The van der Waals surface area contributed by atoms with Crippen LogP contribution in [0, 0.1) is 5.92 Å². The van der Waals surface area contributed by atoms with Gasteiger partial charge >= 0.3 is 0 Å². The molecule has 1 aromatic rings. The summed E-state index contributed by atoms with van der Waals surface area (Å²) in [5.74, 6) is 0.861. The number of nitrogens with zero attached hydrogens (tertiary/aromatic N) is 3. The molecule has 2 rings (SSSR count). The van der Waals surface area contributed by atoms with Crippen LogP contribution < -0.4 is 5.32 Å². The van der Waals surface area contributed by atoms with Gasteiger partial charge in [0.05, 0.1) is 6.20 Å². The molecule has 1 aliphatic rings. The summed E-state index contributed by atoms with van der Waals surface area (Å²) in [6.07, 6.45) is 11.1. The lowest BCUT2D eigenvalue weighted by Gasteiger charge is -2.33. The molecule has 0 radical (unpaired) electrons. The molecule has 1 aromatic heterocycles. The number of hydrogen-bond acceptors (Lipinski definition) is 3. The van der Waals surface area contributed by atoms with E-state index in [1.807, 2.05) is 17.9 Å². The zero-order chi connectivity index (χ0) is 14.4. The van der Waals surface area contributed by atoms with E-state index in [9.17, 15) is 0 Å². The van der Waals surface area contributed by atoms with Crippen LogP contribution in [0.25, 0.3) is 0 Å². The highest BCUT2D eigenvalue weighted by atomic mass is 15.2. The van der Waals surface area contributed by atoms with Gasteiger partial charge in [-0.15, -0.1) is 0 Å². The Hall–Kier alpha value is -0.870. The minimum Gasteiger partial charge on any atom is -0.313 e. The molecule has 0 spiro atoms. The molecule has 1 heterocycles. The van der Waals surface area contributed by atoms with Crippen LogP contribution in [-0.2, 0) is 13.6 Å². The van der Waals surface area contributed by atoms with Crippen molar-refractivity contribution in [3.8, 4) is 0 Å². The van der Waals surface area contributed by atoms with Crippen LogP contribution in [0.1, 0.15) is 44.6 Å². The molecule has 0 aliphatic heterocycles. The fraction of sp³-hybridized carbons (Fsp3) is 0.812. The predicted molar refractivity (Wildman–Crippen MR) is 83.6 cm³/mol. The van der Waals surface area contributed by atoms with E-state index in [4.69, 9.17) is 0 Å². The van der Waals surface area contributed by atoms with E-state index in [1.165, 1.54) is 37.7 Å². The maximum Gasteiger partial charge on any atom is 0.0534 e. The molecule has 1 aliphatic carbocycles. The van der Waals surface area contributed by atoms with Crippen molar-refractivity contribution < 1.29 is 0 Å². The van der Waals surface area contributed by atoms with Crippen LogP contribution in [-0.4, -0.2) is 40.9 Å². The van der Waals surface area contributed by atoms with Gasteiger partial charge < -0.3 is 10.2 Å². The van der Waals surface area contributed by atoms with E-state index in [2.05, 4.69) is 35.5 Å². The van der Waals surface area contributed by atoms with Gasteiger partial charge in [-0.25, -0.2) is 0 Å². The fourth-order valence-electron chi connectivity index (χ4n) is 3.44. The number of aryl methyl sites for hydroxylation is 1. The van der Waals surface area contributed by atoms with Gasteiger partial charge in [-0.2, -0.15) is 5.10 Å². The predicted octanol–water partition coefficient (Wildman–Crippen LogP) is 2.41. The molecule has 1 fully saturated rings. The van der Waals surface area contributed by atoms with E-state index in [0.29, 0.717) is 6.04 Å². The Morgan fingerprint density at radius 2 is 2.15 bits per heavy atom. The van der Waals surface area contributed by atoms with Crippen LogP contribution in [0.15, 0.2) is 12.4 Å². The Kier molecular flexibility index (Phi) is 6.05. The Bertz CT molecular complexity index is 382. The smallest absolute Gasteiger partial charge is 0.0534 e. The van der Waals surface area contributed by atoms with Crippen LogP contribution in [0.5, 0.6) is 0 Å². The Morgan fingerprint density at radius 1 is 1.40 bits per heavy atom. The first-order valence-electron chi connectivity index (χ1n) is 8.08. The molecule has 1 saturated carbocycles. The van der Waals surface area contributed by atoms with E-state index in [0.717, 1.165) is 25.6 Å². The standard InChI is InChI=1S/C16H30N4/c1-4-17-16(15-8-6-5-7-9-15)13-19(2)11-14-10-18-20(3)12-14/h10,12,15-17H,4-9,11,13H2,1-3H3. The Morgan fingerprint density at radius 3 is 2.75 bits per heavy atom. The highest BCUT2D eigenvalue weighted by Crippen LogP contribution is 2.27. The van der Waals surface area contributed by atoms with Crippen LogP contribution in [0.3, 0.4) is 0 Å². The van der Waals surface area contributed by atoms with Crippen molar-refractivity contribution in [3.63, 3.8) is 0 Å². The van der Waals surface area contributed by atoms with E-state index in [-0.39, 0.29) is 0 Å². The maximum absolute atomic E-state index is 4.25. The number of nitrogens with one attached hydrogen (secondary N) is 1. The van der Waals surface area contributed by atoms with Crippen LogP contribution in [0.2, 0.25) is 0 Å². The zero-order valence-electron chi connectivity index (χ0n) is 13.3. The number of aromatic nitrogens is 2. The quantitative estimate of drug-likeness (QED) is 0.831. The van der Waals surface area contributed by atoms with Crippen molar-refractivity contribution in [2.45, 2.75) is 51.6 Å². The highest BCUT2D eigenvalue weighted by Gasteiger charge is 2.23. The first-order valence-corrected chi connectivity index (χ1v) is 8.08. The minimum absolute atomic E-state index is 0.641. The first-order chi connectivity index (χ1) is 9.69. The second kappa shape index (κ2) is 7.79. The van der Waals surface area contributed by atoms with Gasteiger partial charge in [-0.05, 0) is 32.4 Å². The summed E-state index contributed by atoms with van der Waals surface area (Å²) >= 11 is 0. The summed E-state index contributed by atoms with van der Waals surface area (Å²) in [7, 11) is 4.20. The van der Waals surface area contributed by atoms with Crippen molar-refractivity contribution in [3.05, 3.63) is 18.0 Å². The summed E-state index contributed by atoms with van der Waals surface area (Å²) in [6, 6.07) is 0.641. The molecule has 0 amide bonds. The second-order valence-corrected chi connectivity index (χ2v) is 6.28. The van der Waals surface area contributed by atoms with Gasteiger partial charge in [0.25, 0.3) is 0 Å². The third kappa shape index (κ3) is 4.60. The van der Waals surface area contributed by atoms with Gasteiger partial charge in [0.1, 0.15) is 0 Å². The van der Waals surface area contributed by atoms with Gasteiger partial charge in [0.15, 0.2) is 0 Å². The minimum atomic E-state index is 0.641. The van der Waals surface area contributed by atoms with Crippen molar-refractivity contribution >= 4 is 0 Å². The maximum atomic E-state index is 4.25. The third-order valence-corrected chi connectivity index (χ3v) is 4.40. The van der Waals surface area contributed by atoms with Crippen molar-refractivity contribution in [2.24, 2.45) is 13.0 Å². The van der Waals surface area contributed by atoms with Crippen molar-refractivity contribution in [1.82, 2.24) is 20.0 Å². The number of likely N-dealkylation sites (N-methyl/N-ethyl adjacent to an activating group) is 2. The van der Waals surface area contributed by atoms with Gasteiger partial charge in [-0.3, -0.25) is 4.68 Å². The van der Waals surface area contributed by atoms with Gasteiger partial charge in [0, 0.05) is 37.9 Å². The molecule has 1 unspecified atom stereocenters. The molecule has 1 atom stereocenters. The summed E-state index contributed by atoms with van der Waals surface area (Å²) in [4.78, 5) is 2.43. The van der Waals surface area contributed by atoms with Crippen molar-refractivity contribution in [1.29, 1.82) is 0 Å². The molecule has 4 heteroatoms. The molecular weight excluding hydrogens is 248 g/mol. The van der Waals surface area contributed by atoms with Crippen LogP contribution >= 0.6 is 0 Å². The molecule has 4 nitrogen and oxygen atoms in total. The Balaban J connectivity index is 1.86. The lowest BCUT2D eigenvalue weighted by molar-refractivity contribution is 0.202. The van der Waals surface area contributed by atoms with Gasteiger partial charge in [0.2, 0.25) is 0 Å². The average Bonchev–Trinajstić information content (AvgIpc) is 2.84. The molecule has 0 saturated heterocycles. The summed E-state index contributed by atoms with van der Waals surface area (Å²) in [5.41, 5.74) is 1.30. The average molecular weight is 278 g/mol. The van der Waals surface area contributed by atoms with Crippen LogP contribution in [0.4, 0.5) is 0 Å². The fourth-order valence-corrected chi connectivity index (χ4v) is 3.44. The lowest BCUT2D eigenvalue weighted by Crippen LogP contribution is -2.45. The largest absolute Gasteiger partial charge is 0.313 e. The number of hydrogen-bond donors (Lipinski definition) is 1. The SMILES string of the molecule is CCNC(CN(C)Cc1cnn(C)c1)C1CCCCC1. The molecular formula is C16H30N4. The van der Waals surface area contributed by atoms with E-state index >= 15 is 0 Å². The molecule has 20 heavy (non-hydrogen) atoms. The summed E-state index contributed by atoms with van der Waals surface area (Å²) in [5, 5.41) is 7.96. The van der Waals surface area contributed by atoms with Gasteiger partial charge in [-0.1, -0.05) is 26.2 Å². The second-order valence-electron chi connectivity index (χ2n) is 6.28. The molecule has 0 bridgehead atoms. The molecule has 0 aromatic carbocycles. The Labute approximate surface area is 123 Å². The normalized spacial score (nSPS) is 18.6. The lowest BCUT2D eigenvalue weighted by atomic mass is 9.83. The summed E-state index contributed by atoms with van der Waals surface area (Å²) in [6.45, 7) is 5.41. The highest BCUT2D eigenvalue weighted by molar-refractivity contribution is 5.03. The monoisotopic (exact) mass is 278 g/mol. The molecule has 114 valence electrons. The number of rotatable bonds is 7. The van der Waals surface area contributed by atoms with E-state index < -0.39 is 0 Å². The van der Waals surface area contributed by atoms with E-state index in [1.54, 1.807) is 0 Å². The van der Waals surface area contributed by atoms with Crippen molar-refractivity contribution in [2.75, 3.05) is 20.1 Å². The third-order valence-electron chi connectivity index (χ3n) is 4.40.